The highest BCUT2D eigenvalue weighted by Gasteiger charge is 2.23. The largest absolute Gasteiger partial charge is 0.490 e. The summed E-state index contributed by atoms with van der Waals surface area (Å²) in [6.07, 6.45) is 0. The van der Waals surface area contributed by atoms with E-state index in [4.69, 9.17) is 18.6 Å². The summed E-state index contributed by atoms with van der Waals surface area (Å²) >= 11 is 0. The van der Waals surface area contributed by atoms with Gasteiger partial charge >= 0.3 is 5.97 Å². The van der Waals surface area contributed by atoms with Crippen LogP contribution in [0.5, 0.6) is 17.2 Å². The van der Waals surface area contributed by atoms with E-state index in [1.54, 1.807) is 30.3 Å². The summed E-state index contributed by atoms with van der Waals surface area (Å²) in [7, 11) is 2.85. The summed E-state index contributed by atoms with van der Waals surface area (Å²) in [4.78, 5) is 25.4. The molecule has 0 fully saturated rings. The molecule has 1 heterocycles. The van der Waals surface area contributed by atoms with Crippen LogP contribution in [0.2, 0.25) is 0 Å². The van der Waals surface area contributed by atoms with Crippen LogP contribution >= 0.6 is 0 Å². The van der Waals surface area contributed by atoms with Crippen LogP contribution in [0.3, 0.4) is 0 Å². The van der Waals surface area contributed by atoms with Crippen molar-refractivity contribution in [3.63, 3.8) is 0 Å². The average Bonchev–Trinajstić information content (AvgIpc) is 2.79. The monoisotopic (exact) mass is 402 g/mol. The number of carbonyl (C=O) groups is 1. The van der Waals surface area contributed by atoms with Gasteiger partial charge in [0.25, 0.3) is 0 Å². The van der Waals surface area contributed by atoms with Crippen LogP contribution < -0.4 is 19.6 Å². The molecule has 0 saturated carbocycles. The summed E-state index contributed by atoms with van der Waals surface area (Å²) in [6.45, 7) is 0. The van der Waals surface area contributed by atoms with Gasteiger partial charge in [-0.25, -0.2) is 4.79 Å². The van der Waals surface area contributed by atoms with Gasteiger partial charge in [0.15, 0.2) is 16.8 Å². The third-order valence-electron chi connectivity index (χ3n) is 4.57. The Morgan fingerprint density at radius 3 is 2.10 bits per heavy atom. The molecule has 1 aromatic heterocycles. The topological polar surface area (TPSA) is 75.0 Å². The van der Waals surface area contributed by atoms with Crippen LogP contribution in [-0.4, -0.2) is 20.2 Å². The van der Waals surface area contributed by atoms with Crippen LogP contribution in [0.25, 0.3) is 22.3 Å². The Kier molecular flexibility index (Phi) is 5.22. The quantitative estimate of drug-likeness (QED) is 0.356. The van der Waals surface area contributed by atoms with Crippen molar-refractivity contribution in [3.8, 4) is 28.6 Å². The fourth-order valence-electron chi connectivity index (χ4n) is 3.15. The SMILES string of the molecule is COc1c(OC(=O)c2ccccc2)cc2c(=O)cc(-c3ccccc3)oc2c1OC. The van der Waals surface area contributed by atoms with Gasteiger partial charge in [-0.1, -0.05) is 48.5 Å². The number of fused-ring (bicyclic) bond motifs is 1. The molecule has 6 nitrogen and oxygen atoms in total. The van der Waals surface area contributed by atoms with E-state index in [0.717, 1.165) is 5.56 Å². The zero-order valence-corrected chi connectivity index (χ0v) is 16.4. The first kappa shape index (κ1) is 19.3. The minimum absolute atomic E-state index is 0.0652. The van der Waals surface area contributed by atoms with E-state index in [1.165, 1.54) is 26.4 Å². The molecule has 0 saturated heterocycles. The Labute approximate surface area is 172 Å². The lowest BCUT2D eigenvalue weighted by Crippen LogP contribution is -2.11. The molecular weight excluding hydrogens is 384 g/mol. The molecule has 3 aromatic carbocycles. The lowest BCUT2D eigenvalue weighted by atomic mass is 10.1. The molecule has 0 aliphatic heterocycles. The lowest BCUT2D eigenvalue weighted by Gasteiger charge is -2.15. The van der Waals surface area contributed by atoms with Crippen molar-refractivity contribution in [1.82, 2.24) is 0 Å². The normalized spacial score (nSPS) is 10.6. The summed E-state index contributed by atoms with van der Waals surface area (Å²) in [5.74, 6) is 0.196. The Morgan fingerprint density at radius 2 is 1.47 bits per heavy atom. The number of rotatable bonds is 5. The van der Waals surface area contributed by atoms with Crippen molar-refractivity contribution >= 4 is 16.9 Å². The van der Waals surface area contributed by atoms with Crippen molar-refractivity contribution in [2.75, 3.05) is 14.2 Å². The molecule has 6 heteroatoms. The summed E-state index contributed by atoms with van der Waals surface area (Å²) in [5, 5.41) is 0.211. The van der Waals surface area contributed by atoms with Crippen molar-refractivity contribution in [3.05, 3.63) is 88.6 Å². The van der Waals surface area contributed by atoms with Gasteiger partial charge in [-0.05, 0) is 18.2 Å². The Hall–Kier alpha value is -4.06. The first-order valence-corrected chi connectivity index (χ1v) is 9.18. The highest BCUT2D eigenvalue weighted by atomic mass is 16.6. The predicted octanol–water partition coefficient (Wildman–Crippen LogP) is 4.70. The van der Waals surface area contributed by atoms with Gasteiger partial charge in [0.1, 0.15) is 5.76 Å². The van der Waals surface area contributed by atoms with Gasteiger partial charge in [-0.3, -0.25) is 4.79 Å². The van der Waals surface area contributed by atoms with Crippen LogP contribution in [0, 0.1) is 0 Å². The van der Waals surface area contributed by atoms with E-state index >= 15 is 0 Å². The molecular formula is C24H18O6. The van der Waals surface area contributed by atoms with Gasteiger partial charge in [0.05, 0.1) is 25.2 Å². The summed E-state index contributed by atoms with van der Waals surface area (Å²) in [5.41, 5.74) is 1.02. The number of carbonyl (C=O) groups excluding carboxylic acids is 1. The third kappa shape index (κ3) is 3.51. The third-order valence-corrected chi connectivity index (χ3v) is 4.57. The first-order chi connectivity index (χ1) is 14.6. The van der Waals surface area contributed by atoms with Gasteiger partial charge < -0.3 is 18.6 Å². The van der Waals surface area contributed by atoms with Crippen LogP contribution in [0.4, 0.5) is 0 Å². The molecule has 0 N–H and O–H groups in total. The maximum Gasteiger partial charge on any atom is 0.343 e. The van der Waals surface area contributed by atoms with E-state index in [2.05, 4.69) is 0 Å². The maximum atomic E-state index is 12.9. The number of hydrogen-bond donors (Lipinski definition) is 0. The smallest absolute Gasteiger partial charge is 0.343 e. The molecule has 0 atom stereocenters. The van der Waals surface area contributed by atoms with Crippen LogP contribution in [0.1, 0.15) is 10.4 Å². The second-order valence-corrected chi connectivity index (χ2v) is 6.41. The average molecular weight is 402 g/mol. The summed E-state index contributed by atoms with van der Waals surface area (Å²) in [6, 6.07) is 20.6. The number of methoxy groups -OCH3 is 2. The van der Waals surface area contributed by atoms with Crippen molar-refractivity contribution in [2.45, 2.75) is 0 Å². The van der Waals surface area contributed by atoms with E-state index in [1.807, 2.05) is 30.3 Å². The molecule has 150 valence electrons. The molecule has 4 rings (SSSR count). The van der Waals surface area contributed by atoms with Gasteiger partial charge in [0, 0.05) is 11.6 Å². The highest BCUT2D eigenvalue weighted by Crippen LogP contribution is 2.43. The fraction of sp³-hybridized carbons (Fsp3) is 0.0833. The molecule has 0 unspecified atom stereocenters. The second kappa shape index (κ2) is 8.13. The summed E-state index contributed by atoms with van der Waals surface area (Å²) < 4.78 is 22.4. The molecule has 0 amide bonds. The zero-order chi connectivity index (χ0) is 21.1. The maximum absolute atomic E-state index is 12.9. The van der Waals surface area contributed by atoms with Crippen molar-refractivity contribution in [1.29, 1.82) is 0 Å². The zero-order valence-electron chi connectivity index (χ0n) is 16.4. The van der Waals surface area contributed by atoms with E-state index in [-0.39, 0.29) is 33.6 Å². The Morgan fingerprint density at radius 1 is 0.833 bits per heavy atom. The van der Waals surface area contributed by atoms with E-state index in [0.29, 0.717) is 11.3 Å². The van der Waals surface area contributed by atoms with E-state index in [9.17, 15) is 9.59 Å². The van der Waals surface area contributed by atoms with E-state index < -0.39 is 5.97 Å². The molecule has 0 aliphatic rings. The molecule has 0 radical (unpaired) electrons. The second-order valence-electron chi connectivity index (χ2n) is 6.41. The molecule has 0 bridgehead atoms. The number of benzene rings is 3. The Balaban J connectivity index is 1.88. The fourth-order valence-corrected chi connectivity index (χ4v) is 3.15. The van der Waals surface area contributed by atoms with Gasteiger partial charge in [-0.15, -0.1) is 0 Å². The van der Waals surface area contributed by atoms with Crippen LogP contribution in [0.15, 0.2) is 82.0 Å². The highest BCUT2D eigenvalue weighted by molar-refractivity contribution is 5.94. The van der Waals surface area contributed by atoms with Crippen LogP contribution in [-0.2, 0) is 0 Å². The number of esters is 1. The molecule has 0 aliphatic carbocycles. The van der Waals surface area contributed by atoms with Gasteiger partial charge in [0.2, 0.25) is 11.5 Å². The standard InChI is InChI=1S/C24H18O6/c1-27-22-20(30-24(26)16-11-7-4-8-12-16)13-17-18(25)14-19(15-9-5-3-6-10-15)29-21(17)23(22)28-2/h3-14H,1-2H3. The Bertz CT molecular complexity index is 1260. The molecule has 4 aromatic rings. The number of hydrogen-bond acceptors (Lipinski definition) is 6. The minimum Gasteiger partial charge on any atom is -0.490 e. The molecule has 30 heavy (non-hydrogen) atoms. The van der Waals surface area contributed by atoms with Crippen molar-refractivity contribution < 1.29 is 23.4 Å². The minimum atomic E-state index is -0.583. The van der Waals surface area contributed by atoms with Crippen molar-refractivity contribution in [2.24, 2.45) is 0 Å². The predicted molar refractivity (Wildman–Crippen MR) is 112 cm³/mol. The molecule has 0 spiro atoms. The lowest BCUT2D eigenvalue weighted by molar-refractivity contribution is 0.0729. The van der Waals surface area contributed by atoms with Gasteiger partial charge in [-0.2, -0.15) is 0 Å². The first-order valence-electron chi connectivity index (χ1n) is 9.18. The number of ether oxygens (including phenoxy) is 3.